The molecule has 2 rings (SSSR count). The predicted octanol–water partition coefficient (Wildman–Crippen LogP) is 0.893. The van der Waals surface area contributed by atoms with E-state index < -0.39 is 0 Å². The summed E-state index contributed by atoms with van der Waals surface area (Å²) in [4.78, 5) is 20.4. The molecule has 0 aromatic carbocycles. The van der Waals surface area contributed by atoms with Gasteiger partial charge in [-0.05, 0) is 13.0 Å². The lowest BCUT2D eigenvalue weighted by molar-refractivity contribution is 0.0632. The maximum absolute atomic E-state index is 12.1. The van der Waals surface area contributed by atoms with E-state index in [-0.39, 0.29) is 5.91 Å². The number of hydrogen-bond acceptors (Lipinski definition) is 5. The van der Waals surface area contributed by atoms with Gasteiger partial charge in [-0.25, -0.2) is 4.98 Å². The topological polar surface area (TPSA) is 62.5 Å². The highest BCUT2D eigenvalue weighted by Crippen LogP contribution is 2.14. The lowest BCUT2D eigenvalue weighted by atomic mass is 10.2. The number of nitrogens with zero attached hydrogens (tertiary/aromatic N) is 3. The van der Waals surface area contributed by atoms with Crippen LogP contribution in [0.15, 0.2) is 5.38 Å². The molecule has 1 aliphatic rings. The van der Waals surface area contributed by atoms with Crippen molar-refractivity contribution in [1.29, 1.82) is 0 Å². The van der Waals surface area contributed by atoms with Crippen LogP contribution in [-0.2, 0) is 0 Å². The molecule has 0 bridgehead atoms. The molecule has 1 aliphatic heterocycles. The number of nitrogen functional groups attached to an aromatic ring is 1. The van der Waals surface area contributed by atoms with E-state index in [0.717, 1.165) is 39.1 Å². The van der Waals surface area contributed by atoms with Crippen LogP contribution in [0.1, 0.15) is 23.8 Å². The molecule has 5 nitrogen and oxygen atoms in total. The van der Waals surface area contributed by atoms with E-state index in [9.17, 15) is 4.79 Å². The van der Waals surface area contributed by atoms with Gasteiger partial charge in [0.05, 0.1) is 0 Å². The molecular weight excluding hydrogens is 236 g/mol. The minimum absolute atomic E-state index is 0.00842. The number of nitrogens with two attached hydrogens (primary N) is 1. The van der Waals surface area contributed by atoms with E-state index in [1.165, 1.54) is 11.3 Å². The predicted molar refractivity (Wildman–Crippen MR) is 69.2 cm³/mol. The number of rotatable bonds is 3. The van der Waals surface area contributed by atoms with Gasteiger partial charge in [-0.1, -0.05) is 6.92 Å². The molecule has 1 fully saturated rings. The quantitative estimate of drug-likeness (QED) is 0.870. The van der Waals surface area contributed by atoms with E-state index in [2.05, 4.69) is 16.8 Å². The first-order chi connectivity index (χ1) is 8.20. The summed E-state index contributed by atoms with van der Waals surface area (Å²) < 4.78 is 0. The van der Waals surface area contributed by atoms with Gasteiger partial charge in [0, 0.05) is 31.6 Å². The Morgan fingerprint density at radius 1 is 1.47 bits per heavy atom. The monoisotopic (exact) mass is 254 g/mol. The summed E-state index contributed by atoms with van der Waals surface area (Å²) >= 11 is 1.31. The molecule has 0 atom stereocenters. The Hall–Kier alpha value is -1.14. The van der Waals surface area contributed by atoms with Crippen molar-refractivity contribution in [3.8, 4) is 0 Å². The molecule has 0 unspecified atom stereocenters. The Bertz CT molecular complexity index is 385. The van der Waals surface area contributed by atoms with Crippen LogP contribution in [-0.4, -0.2) is 53.4 Å². The van der Waals surface area contributed by atoms with Crippen LogP contribution in [0.3, 0.4) is 0 Å². The Kier molecular flexibility index (Phi) is 3.96. The number of carbonyl (C=O) groups is 1. The number of thiazole rings is 1. The van der Waals surface area contributed by atoms with Gasteiger partial charge in [0.15, 0.2) is 5.13 Å². The second-order valence-corrected chi connectivity index (χ2v) is 5.09. The van der Waals surface area contributed by atoms with Crippen molar-refractivity contribution >= 4 is 22.4 Å². The van der Waals surface area contributed by atoms with Crippen molar-refractivity contribution in [2.75, 3.05) is 38.5 Å². The average Bonchev–Trinajstić information content (AvgIpc) is 2.76. The van der Waals surface area contributed by atoms with Gasteiger partial charge < -0.3 is 10.6 Å². The highest BCUT2D eigenvalue weighted by atomic mass is 32.1. The van der Waals surface area contributed by atoms with E-state index >= 15 is 0 Å². The average molecular weight is 254 g/mol. The van der Waals surface area contributed by atoms with E-state index in [1.54, 1.807) is 5.38 Å². The van der Waals surface area contributed by atoms with Gasteiger partial charge >= 0.3 is 0 Å². The third-order valence-electron chi connectivity index (χ3n) is 2.94. The number of aromatic nitrogens is 1. The lowest BCUT2D eigenvalue weighted by Gasteiger charge is -2.34. The molecule has 0 saturated carbocycles. The molecule has 0 radical (unpaired) electrons. The molecular formula is C11H18N4OS. The van der Waals surface area contributed by atoms with Crippen molar-refractivity contribution < 1.29 is 4.79 Å². The van der Waals surface area contributed by atoms with Crippen molar-refractivity contribution in [2.24, 2.45) is 0 Å². The summed E-state index contributed by atoms with van der Waals surface area (Å²) in [5.41, 5.74) is 6.02. The maximum atomic E-state index is 12.1. The molecule has 17 heavy (non-hydrogen) atoms. The van der Waals surface area contributed by atoms with Crippen LogP contribution in [0.4, 0.5) is 5.13 Å². The van der Waals surface area contributed by atoms with Gasteiger partial charge in [0.25, 0.3) is 5.91 Å². The number of anilines is 1. The number of hydrogen-bond donors (Lipinski definition) is 1. The van der Waals surface area contributed by atoms with Gasteiger partial charge in [-0.3, -0.25) is 9.69 Å². The van der Waals surface area contributed by atoms with Crippen LogP contribution in [0, 0.1) is 0 Å². The molecule has 6 heteroatoms. The van der Waals surface area contributed by atoms with Gasteiger partial charge in [0.2, 0.25) is 0 Å². The van der Waals surface area contributed by atoms with Crippen molar-refractivity contribution in [2.45, 2.75) is 13.3 Å². The van der Waals surface area contributed by atoms with Gasteiger partial charge in [-0.15, -0.1) is 11.3 Å². The smallest absolute Gasteiger partial charge is 0.273 e. The molecule has 0 aliphatic carbocycles. The van der Waals surface area contributed by atoms with E-state index in [1.807, 2.05) is 4.90 Å². The molecule has 2 heterocycles. The molecule has 1 aromatic heterocycles. The molecule has 1 aromatic rings. The zero-order valence-electron chi connectivity index (χ0n) is 10.1. The van der Waals surface area contributed by atoms with Crippen LogP contribution in [0.2, 0.25) is 0 Å². The van der Waals surface area contributed by atoms with E-state index in [4.69, 9.17) is 5.73 Å². The Labute approximate surface area is 105 Å². The fraction of sp³-hybridized carbons (Fsp3) is 0.636. The molecule has 94 valence electrons. The first-order valence-electron chi connectivity index (χ1n) is 5.93. The molecule has 2 N–H and O–H groups in total. The fourth-order valence-electron chi connectivity index (χ4n) is 2.04. The summed E-state index contributed by atoms with van der Waals surface area (Å²) in [5.74, 6) is 0.00842. The summed E-state index contributed by atoms with van der Waals surface area (Å²) in [7, 11) is 0. The number of piperazine rings is 1. The van der Waals surface area contributed by atoms with Crippen LogP contribution in [0.25, 0.3) is 0 Å². The second-order valence-electron chi connectivity index (χ2n) is 4.20. The fourth-order valence-corrected chi connectivity index (χ4v) is 2.58. The molecule has 1 saturated heterocycles. The Morgan fingerprint density at radius 3 is 2.71 bits per heavy atom. The van der Waals surface area contributed by atoms with Crippen molar-refractivity contribution in [3.05, 3.63) is 11.1 Å². The highest BCUT2D eigenvalue weighted by molar-refractivity contribution is 7.13. The van der Waals surface area contributed by atoms with Gasteiger partial charge in [0.1, 0.15) is 5.69 Å². The second kappa shape index (κ2) is 5.46. The highest BCUT2D eigenvalue weighted by Gasteiger charge is 2.23. The minimum Gasteiger partial charge on any atom is -0.375 e. The van der Waals surface area contributed by atoms with Crippen LogP contribution < -0.4 is 5.73 Å². The summed E-state index contributed by atoms with van der Waals surface area (Å²) in [6.07, 6.45) is 1.16. The van der Waals surface area contributed by atoms with Crippen molar-refractivity contribution in [3.63, 3.8) is 0 Å². The molecule has 1 amide bonds. The maximum Gasteiger partial charge on any atom is 0.273 e. The van der Waals surface area contributed by atoms with Gasteiger partial charge in [-0.2, -0.15) is 0 Å². The Morgan fingerprint density at radius 2 is 2.18 bits per heavy atom. The lowest BCUT2D eigenvalue weighted by Crippen LogP contribution is -2.48. The van der Waals surface area contributed by atoms with Crippen molar-refractivity contribution in [1.82, 2.24) is 14.8 Å². The summed E-state index contributed by atoms with van der Waals surface area (Å²) in [6.45, 7) is 6.78. The van der Waals surface area contributed by atoms with Crippen LogP contribution in [0.5, 0.6) is 0 Å². The zero-order chi connectivity index (χ0) is 12.3. The standard InChI is InChI=1S/C11H18N4OS/c1-2-3-14-4-6-15(7-5-14)10(16)9-8-17-11(12)13-9/h8H,2-7H2,1H3,(H2,12,13). The van der Waals surface area contributed by atoms with E-state index in [0.29, 0.717) is 10.8 Å². The Balaban J connectivity index is 1.90. The number of amides is 1. The minimum atomic E-state index is 0.00842. The SMILES string of the molecule is CCCN1CCN(C(=O)c2csc(N)n2)CC1. The van der Waals surface area contributed by atoms with Crippen LogP contribution >= 0.6 is 11.3 Å². The summed E-state index contributed by atoms with van der Waals surface area (Å²) in [6, 6.07) is 0. The zero-order valence-corrected chi connectivity index (χ0v) is 10.9. The molecule has 0 spiro atoms. The summed E-state index contributed by atoms with van der Waals surface area (Å²) in [5, 5.41) is 2.19. The third-order valence-corrected chi connectivity index (χ3v) is 3.61. The third kappa shape index (κ3) is 2.95. The first-order valence-corrected chi connectivity index (χ1v) is 6.81. The first kappa shape index (κ1) is 12.3. The normalized spacial score (nSPS) is 17.4. The largest absolute Gasteiger partial charge is 0.375 e. The number of carbonyl (C=O) groups excluding carboxylic acids is 1.